The molecule has 1 aromatic heterocycles. The maximum Gasteiger partial charge on any atom is 0.325 e. The standard InChI is InChI=1S/C10H12N4O4/c15-8-2-1-7(13-8)10(18)12-6-3-11-14(4-6)5-9(16)17/h3-4,7H,1-2,5H2,(H,12,18)(H,13,15)(H,16,17)/t7-/m0/s1. The van der Waals surface area contributed by atoms with E-state index in [1.807, 2.05) is 0 Å². The highest BCUT2D eigenvalue weighted by Crippen LogP contribution is 2.10. The van der Waals surface area contributed by atoms with Crippen LogP contribution in [0.15, 0.2) is 12.4 Å². The zero-order valence-electron chi connectivity index (χ0n) is 9.42. The molecule has 0 aromatic carbocycles. The Morgan fingerprint density at radius 1 is 1.61 bits per heavy atom. The van der Waals surface area contributed by atoms with Crippen LogP contribution < -0.4 is 10.6 Å². The molecule has 3 N–H and O–H groups in total. The molecule has 1 saturated heterocycles. The average molecular weight is 252 g/mol. The smallest absolute Gasteiger partial charge is 0.325 e. The summed E-state index contributed by atoms with van der Waals surface area (Å²) in [5, 5.41) is 17.5. The summed E-state index contributed by atoms with van der Waals surface area (Å²) in [5.74, 6) is -1.48. The number of carboxylic acids is 1. The van der Waals surface area contributed by atoms with E-state index in [-0.39, 0.29) is 18.4 Å². The summed E-state index contributed by atoms with van der Waals surface area (Å²) in [4.78, 5) is 33.1. The van der Waals surface area contributed by atoms with Gasteiger partial charge in [-0.05, 0) is 6.42 Å². The number of aliphatic carboxylic acids is 1. The van der Waals surface area contributed by atoms with E-state index in [0.717, 1.165) is 0 Å². The monoisotopic (exact) mass is 252 g/mol. The number of aromatic nitrogens is 2. The number of carboxylic acid groups (broad SMARTS) is 1. The first-order valence-electron chi connectivity index (χ1n) is 5.39. The van der Waals surface area contributed by atoms with Gasteiger partial charge in [0.05, 0.1) is 11.9 Å². The molecule has 0 spiro atoms. The summed E-state index contributed by atoms with van der Waals surface area (Å²) in [6.45, 7) is -0.268. The van der Waals surface area contributed by atoms with Gasteiger partial charge in [0.15, 0.2) is 0 Å². The Kier molecular flexibility index (Phi) is 3.26. The summed E-state index contributed by atoms with van der Waals surface area (Å²) in [7, 11) is 0. The number of hydrogen-bond donors (Lipinski definition) is 3. The number of carbonyl (C=O) groups excluding carboxylic acids is 2. The van der Waals surface area contributed by atoms with E-state index in [4.69, 9.17) is 5.11 Å². The first-order chi connectivity index (χ1) is 8.54. The Balaban J connectivity index is 1.93. The third-order valence-corrected chi connectivity index (χ3v) is 2.51. The quantitative estimate of drug-likeness (QED) is 0.648. The molecule has 0 aliphatic carbocycles. The SMILES string of the molecule is O=C(O)Cn1cc(NC(=O)[C@@H]2CCC(=O)N2)cn1. The largest absolute Gasteiger partial charge is 0.480 e. The minimum atomic E-state index is -1.01. The Morgan fingerprint density at radius 2 is 2.39 bits per heavy atom. The van der Waals surface area contributed by atoms with Crippen LogP contribution in [0, 0.1) is 0 Å². The van der Waals surface area contributed by atoms with Crippen molar-refractivity contribution in [2.75, 3.05) is 5.32 Å². The van der Waals surface area contributed by atoms with Gasteiger partial charge in [-0.15, -0.1) is 0 Å². The van der Waals surface area contributed by atoms with Crippen LogP contribution in [0.3, 0.4) is 0 Å². The van der Waals surface area contributed by atoms with E-state index in [1.165, 1.54) is 17.1 Å². The Hall–Kier alpha value is -2.38. The zero-order chi connectivity index (χ0) is 13.1. The number of nitrogens with one attached hydrogen (secondary N) is 2. The predicted octanol–water partition coefficient (Wildman–Crippen LogP) is -0.815. The van der Waals surface area contributed by atoms with Crippen LogP contribution in [-0.4, -0.2) is 38.7 Å². The molecule has 18 heavy (non-hydrogen) atoms. The molecule has 1 atom stereocenters. The summed E-state index contributed by atoms with van der Waals surface area (Å²) >= 11 is 0. The van der Waals surface area contributed by atoms with Crippen molar-refractivity contribution in [1.82, 2.24) is 15.1 Å². The van der Waals surface area contributed by atoms with Crippen molar-refractivity contribution in [2.45, 2.75) is 25.4 Å². The molecule has 1 aromatic rings. The predicted molar refractivity (Wildman–Crippen MR) is 59.7 cm³/mol. The maximum atomic E-state index is 11.7. The fraction of sp³-hybridized carbons (Fsp3) is 0.400. The van der Waals surface area contributed by atoms with Gasteiger partial charge in [0.1, 0.15) is 12.6 Å². The van der Waals surface area contributed by atoms with Crippen LogP contribution in [0.4, 0.5) is 5.69 Å². The minimum absolute atomic E-state index is 0.142. The fourth-order valence-corrected chi connectivity index (χ4v) is 1.69. The van der Waals surface area contributed by atoms with Crippen LogP contribution in [0.25, 0.3) is 0 Å². The number of rotatable bonds is 4. The highest BCUT2D eigenvalue weighted by atomic mass is 16.4. The number of carbonyl (C=O) groups is 3. The normalized spacial score (nSPS) is 18.4. The first kappa shape index (κ1) is 12.1. The van der Waals surface area contributed by atoms with Crippen molar-refractivity contribution < 1.29 is 19.5 Å². The molecule has 8 nitrogen and oxygen atoms in total. The van der Waals surface area contributed by atoms with Gasteiger partial charge in [0, 0.05) is 12.6 Å². The molecule has 0 saturated carbocycles. The third-order valence-electron chi connectivity index (χ3n) is 2.51. The van der Waals surface area contributed by atoms with E-state index in [0.29, 0.717) is 18.5 Å². The van der Waals surface area contributed by atoms with Gasteiger partial charge >= 0.3 is 5.97 Å². The Morgan fingerprint density at radius 3 is 3.00 bits per heavy atom. The zero-order valence-corrected chi connectivity index (χ0v) is 9.42. The van der Waals surface area contributed by atoms with Crippen LogP contribution in [0.5, 0.6) is 0 Å². The third kappa shape index (κ3) is 2.84. The van der Waals surface area contributed by atoms with Crippen LogP contribution in [-0.2, 0) is 20.9 Å². The van der Waals surface area contributed by atoms with Gasteiger partial charge < -0.3 is 15.7 Å². The van der Waals surface area contributed by atoms with Crippen LogP contribution in [0.1, 0.15) is 12.8 Å². The molecule has 0 unspecified atom stereocenters. The number of hydrogen-bond acceptors (Lipinski definition) is 4. The van der Waals surface area contributed by atoms with E-state index in [1.54, 1.807) is 0 Å². The summed E-state index contributed by atoms with van der Waals surface area (Å²) < 4.78 is 1.20. The highest BCUT2D eigenvalue weighted by molar-refractivity contribution is 5.98. The van der Waals surface area contributed by atoms with Gasteiger partial charge in [0.2, 0.25) is 11.8 Å². The van der Waals surface area contributed by atoms with Crippen molar-refractivity contribution in [1.29, 1.82) is 0 Å². The topological polar surface area (TPSA) is 113 Å². The van der Waals surface area contributed by atoms with Crippen LogP contribution in [0.2, 0.25) is 0 Å². The van der Waals surface area contributed by atoms with Crippen molar-refractivity contribution in [3.8, 4) is 0 Å². The van der Waals surface area contributed by atoms with Crippen molar-refractivity contribution in [2.24, 2.45) is 0 Å². The lowest BCUT2D eigenvalue weighted by atomic mass is 10.2. The number of amides is 2. The summed E-state index contributed by atoms with van der Waals surface area (Å²) in [5.41, 5.74) is 0.405. The molecular formula is C10H12N4O4. The molecule has 1 aliphatic heterocycles. The highest BCUT2D eigenvalue weighted by Gasteiger charge is 2.27. The second-order valence-corrected chi connectivity index (χ2v) is 3.97. The van der Waals surface area contributed by atoms with Gasteiger partial charge in [-0.25, -0.2) is 0 Å². The molecule has 2 heterocycles. The molecule has 0 radical (unpaired) electrons. The molecule has 2 rings (SSSR count). The van der Waals surface area contributed by atoms with E-state index in [9.17, 15) is 14.4 Å². The second-order valence-electron chi connectivity index (χ2n) is 3.97. The first-order valence-corrected chi connectivity index (χ1v) is 5.39. The fourth-order valence-electron chi connectivity index (χ4n) is 1.69. The lowest BCUT2D eigenvalue weighted by Gasteiger charge is -2.08. The van der Waals surface area contributed by atoms with Gasteiger partial charge in [-0.1, -0.05) is 0 Å². The lowest BCUT2D eigenvalue weighted by molar-refractivity contribution is -0.137. The second kappa shape index (κ2) is 4.86. The lowest BCUT2D eigenvalue weighted by Crippen LogP contribution is -2.37. The van der Waals surface area contributed by atoms with E-state index < -0.39 is 12.0 Å². The molecule has 1 fully saturated rings. The van der Waals surface area contributed by atoms with Gasteiger partial charge in [-0.3, -0.25) is 19.1 Å². The van der Waals surface area contributed by atoms with E-state index >= 15 is 0 Å². The molecule has 0 bridgehead atoms. The minimum Gasteiger partial charge on any atom is -0.480 e. The Bertz CT molecular complexity index is 496. The van der Waals surface area contributed by atoms with Crippen molar-refractivity contribution >= 4 is 23.5 Å². The summed E-state index contributed by atoms with van der Waals surface area (Å²) in [6, 6.07) is -0.527. The number of anilines is 1. The van der Waals surface area contributed by atoms with Crippen molar-refractivity contribution in [3.05, 3.63) is 12.4 Å². The van der Waals surface area contributed by atoms with Gasteiger partial charge in [0.25, 0.3) is 0 Å². The summed E-state index contributed by atoms with van der Waals surface area (Å²) in [6.07, 6.45) is 3.59. The number of nitrogens with zero attached hydrogens (tertiary/aromatic N) is 2. The van der Waals surface area contributed by atoms with E-state index in [2.05, 4.69) is 15.7 Å². The van der Waals surface area contributed by atoms with Gasteiger partial charge in [-0.2, -0.15) is 5.10 Å². The molecule has 96 valence electrons. The molecule has 1 aliphatic rings. The maximum absolute atomic E-state index is 11.7. The molecule has 8 heteroatoms. The molecular weight excluding hydrogens is 240 g/mol. The average Bonchev–Trinajstić information content (AvgIpc) is 2.87. The van der Waals surface area contributed by atoms with Crippen molar-refractivity contribution in [3.63, 3.8) is 0 Å². The molecule has 2 amide bonds. The van der Waals surface area contributed by atoms with Crippen LogP contribution >= 0.6 is 0 Å². The Labute approximate surface area is 102 Å².